The number of rotatable bonds is 3. The van der Waals surface area contributed by atoms with E-state index in [1.165, 1.54) is 6.07 Å². The molecule has 0 spiro atoms. The minimum Gasteiger partial charge on any atom is -0.461 e. The molecule has 0 radical (unpaired) electrons. The Balaban J connectivity index is 2.16. The highest BCUT2D eigenvalue weighted by Gasteiger charge is 2.20. The van der Waals surface area contributed by atoms with Crippen LogP contribution in [0, 0.1) is 12.7 Å². The van der Waals surface area contributed by atoms with Crippen molar-refractivity contribution in [2.24, 2.45) is 5.73 Å². The number of halogens is 1. The van der Waals surface area contributed by atoms with E-state index in [4.69, 9.17) is 10.2 Å². The van der Waals surface area contributed by atoms with Gasteiger partial charge in [0.15, 0.2) is 0 Å². The van der Waals surface area contributed by atoms with E-state index < -0.39 is 0 Å². The molecule has 1 unspecified atom stereocenters. The first-order valence-corrected chi connectivity index (χ1v) is 7.13. The third kappa shape index (κ3) is 2.34. The second kappa shape index (κ2) is 5.34. The highest BCUT2D eigenvalue weighted by atomic mass is 19.1. The first-order valence-electron chi connectivity index (χ1n) is 7.13. The van der Waals surface area contributed by atoms with Crippen molar-refractivity contribution in [2.45, 2.75) is 26.3 Å². The summed E-state index contributed by atoms with van der Waals surface area (Å²) in [7, 11) is 0. The summed E-state index contributed by atoms with van der Waals surface area (Å²) in [4.78, 5) is 0. The van der Waals surface area contributed by atoms with E-state index in [0.717, 1.165) is 34.3 Å². The van der Waals surface area contributed by atoms with Crippen molar-refractivity contribution < 1.29 is 8.81 Å². The number of para-hydroxylation sites is 1. The van der Waals surface area contributed by atoms with E-state index in [1.54, 1.807) is 19.1 Å². The van der Waals surface area contributed by atoms with Crippen molar-refractivity contribution in [1.82, 2.24) is 0 Å². The highest BCUT2D eigenvalue weighted by molar-refractivity contribution is 5.83. The zero-order valence-electron chi connectivity index (χ0n) is 12.2. The van der Waals surface area contributed by atoms with Crippen LogP contribution in [-0.4, -0.2) is 0 Å². The Morgan fingerprint density at radius 2 is 1.95 bits per heavy atom. The van der Waals surface area contributed by atoms with Crippen molar-refractivity contribution in [2.75, 3.05) is 0 Å². The number of fused-ring (bicyclic) bond motifs is 1. The number of aryl methyl sites for hydroxylation is 2. The second-order valence-corrected chi connectivity index (χ2v) is 5.27. The molecule has 3 heteroatoms. The van der Waals surface area contributed by atoms with E-state index in [-0.39, 0.29) is 11.9 Å². The van der Waals surface area contributed by atoms with Gasteiger partial charge in [-0.1, -0.05) is 37.3 Å². The van der Waals surface area contributed by atoms with Crippen LogP contribution in [-0.2, 0) is 6.42 Å². The van der Waals surface area contributed by atoms with Gasteiger partial charge in [0.05, 0.1) is 6.04 Å². The predicted octanol–water partition coefficient (Wildman–Crippen LogP) is 4.49. The lowest BCUT2D eigenvalue weighted by atomic mass is 9.95. The summed E-state index contributed by atoms with van der Waals surface area (Å²) in [6, 6.07) is 12.6. The largest absolute Gasteiger partial charge is 0.461 e. The number of hydrogen-bond donors (Lipinski definition) is 1. The first-order chi connectivity index (χ1) is 10.1. The zero-order chi connectivity index (χ0) is 15.0. The summed E-state index contributed by atoms with van der Waals surface area (Å²) in [6.07, 6.45) is 0.776. The Morgan fingerprint density at radius 1 is 1.19 bits per heavy atom. The molecule has 0 saturated heterocycles. The molecule has 0 fully saturated rings. The molecule has 3 rings (SSSR count). The molecule has 1 heterocycles. The number of furan rings is 1. The van der Waals surface area contributed by atoms with Crippen molar-refractivity contribution in [1.29, 1.82) is 0 Å². The third-order valence-corrected chi connectivity index (χ3v) is 3.88. The van der Waals surface area contributed by atoms with Crippen molar-refractivity contribution >= 4 is 11.0 Å². The fourth-order valence-corrected chi connectivity index (χ4v) is 2.75. The van der Waals surface area contributed by atoms with Crippen LogP contribution >= 0.6 is 0 Å². The molecule has 0 aliphatic carbocycles. The first kappa shape index (κ1) is 13.8. The van der Waals surface area contributed by atoms with Gasteiger partial charge in [-0.05, 0) is 30.2 Å². The maximum Gasteiger partial charge on any atom is 0.134 e. The van der Waals surface area contributed by atoms with E-state index in [1.807, 2.05) is 31.2 Å². The minimum absolute atomic E-state index is 0.210. The average Bonchev–Trinajstić information content (AvgIpc) is 2.87. The molecular formula is C18H18FNO. The average molecular weight is 283 g/mol. The van der Waals surface area contributed by atoms with Gasteiger partial charge in [-0.15, -0.1) is 0 Å². The van der Waals surface area contributed by atoms with Gasteiger partial charge in [0.2, 0.25) is 0 Å². The van der Waals surface area contributed by atoms with Crippen molar-refractivity contribution in [3.05, 3.63) is 70.7 Å². The Morgan fingerprint density at radius 3 is 2.67 bits per heavy atom. The van der Waals surface area contributed by atoms with Gasteiger partial charge in [0.25, 0.3) is 0 Å². The van der Waals surface area contributed by atoms with E-state index in [0.29, 0.717) is 5.56 Å². The SMILES string of the molecule is CCc1oc2ccccc2c1C(N)c1ccc(F)c(C)c1. The quantitative estimate of drug-likeness (QED) is 0.769. The van der Waals surface area contributed by atoms with Crippen LogP contribution in [0.15, 0.2) is 46.9 Å². The lowest BCUT2D eigenvalue weighted by Gasteiger charge is -2.14. The molecule has 1 atom stereocenters. The maximum atomic E-state index is 13.4. The van der Waals surface area contributed by atoms with Crippen LogP contribution in [0.2, 0.25) is 0 Å². The third-order valence-electron chi connectivity index (χ3n) is 3.88. The van der Waals surface area contributed by atoms with Gasteiger partial charge >= 0.3 is 0 Å². The number of benzene rings is 2. The summed E-state index contributed by atoms with van der Waals surface area (Å²) < 4.78 is 19.3. The van der Waals surface area contributed by atoms with Gasteiger partial charge < -0.3 is 10.2 Å². The molecule has 0 saturated carbocycles. The lowest BCUT2D eigenvalue weighted by Crippen LogP contribution is -2.13. The number of nitrogens with two attached hydrogens (primary N) is 1. The van der Waals surface area contributed by atoms with Crippen LogP contribution in [0.5, 0.6) is 0 Å². The summed E-state index contributed by atoms with van der Waals surface area (Å²) >= 11 is 0. The molecule has 21 heavy (non-hydrogen) atoms. The van der Waals surface area contributed by atoms with Gasteiger partial charge in [0, 0.05) is 17.4 Å². The van der Waals surface area contributed by atoms with Gasteiger partial charge in [-0.2, -0.15) is 0 Å². The van der Waals surface area contributed by atoms with Crippen LogP contribution in [0.1, 0.15) is 35.4 Å². The Labute approximate surface area is 123 Å². The Kier molecular flexibility index (Phi) is 3.52. The Hall–Kier alpha value is -2.13. The molecule has 0 aliphatic heterocycles. The Bertz CT molecular complexity index is 791. The van der Waals surface area contributed by atoms with Crippen LogP contribution in [0.3, 0.4) is 0 Å². The summed E-state index contributed by atoms with van der Waals surface area (Å²) in [5.74, 6) is 0.685. The van der Waals surface area contributed by atoms with Crippen LogP contribution in [0.25, 0.3) is 11.0 Å². The molecule has 1 aromatic heterocycles. The lowest BCUT2D eigenvalue weighted by molar-refractivity contribution is 0.546. The smallest absolute Gasteiger partial charge is 0.134 e. The highest BCUT2D eigenvalue weighted by Crippen LogP contribution is 2.33. The van der Waals surface area contributed by atoms with E-state index >= 15 is 0 Å². The van der Waals surface area contributed by atoms with Crippen LogP contribution < -0.4 is 5.73 Å². The van der Waals surface area contributed by atoms with Crippen LogP contribution in [0.4, 0.5) is 4.39 Å². The van der Waals surface area contributed by atoms with Gasteiger partial charge in [-0.3, -0.25) is 0 Å². The van der Waals surface area contributed by atoms with E-state index in [9.17, 15) is 4.39 Å². The predicted molar refractivity (Wildman–Crippen MR) is 82.8 cm³/mol. The molecule has 0 aliphatic rings. The zero-order valence-corrected chi connectivity index (χ0v) is 12.2. The molecule has 2 nitrogen and oxygen atoms in total. The minimum atomic E-state index is -0.317. The standard InChI is InChI=1S/C18H18FNO/c1-3-15-17(13-6-4-5-7-16(13)21-15)18(20)12-8-9-14(19)11(2)10-12/h4-10,18H,3,20H2,1-2H3. The van der Waals surface area contributed by atoms with Crippen molar-refractivity contribution in [3.8, 4) is 0 Å². The summed E-state index contributed by atoms with van der Waals surface area (Å²) in [5.41, 5.74) is 9.79. The monoisotopic (exact) mass is 283 g/mol. The topological polar surface area (TPSA) is 39.2 Å². The second-order valence-electron chi connectivity index (χ2n) is 5.27. The molecular weight excluding hydrogens is 265 g/mol. The summed E-state index contributed by atoms with van der Waals surface area (Å²) in [6.45, 7) is 3.80. The fraction of sp³-hybridized carbons (Fsp3) is 0.222. The molecule has 0 amide bonds. The fourth-order valence-electron chi connectivity index (χ4n) is 2.75. The number of hydrogen-bond acceptors (Lipinski definition) is 2. The van der Waals surface area contributed by atoms with Gasteiger partial charge in [-0.25, -0.2) is 4.39 Å². The maximum absolute atomic E-state index is 13.4. The normalized spacial score (nSPS) is 12.8. The summed E-state index contributed by atoms with van der Waals surface area (Å²) in [5, 5.41) is 1.03. The molecule has 2 aromatic carbocycles. The van der Waals surface area contributed by atoms with Gasteiger partial charge in [0.1, 0.15) is 17.2 Å². The van der Waals surface area contributed by atoms with Crippen molar-refractivity contribution in [3.63, 3.8) is 0 Å². The molecule has 3 aromatic rings. The molecule has 0 bridgehead atoms. The molecule has 2 N–H and O–H groups in total. The van der Waals surface area contributed by atoms with E-state index in [2.05, 4.69) is 0 Å². The molecule has 108 valence electrons.